The highest BCUT2D eigenvalue weighted by Crippen LogP contribution is 2.39. The van der Waals surface area contributed by atoms with Crippen LogP contribution < -0.4 is 10.6 Å². The van der Waals surface area contributed by atoms with Gasteiger partial charge in [-0.05, 0) is 48.9 Å². The van der Waals surface area contributed by atoms with Gasteiger partial charge in [-0.2, -0.15) is 13.2 Å². The molecule has 1 aromatic heterocycles. The van der Waals surface area contributed by atoms with Crippen molar-refractivity contribution in [2.45, 2.75) is 38.4 Å². The van der Waals surface area contributed by atoms with Crippen LogP contribution in [0.15, 0.2) is 54.6 Å². The molecule has 2 N–H and O–H groups in total. The number of nitrogens with one attached hydrogen (secondary N) is 2. The Morgan fingerprint density at radius 2 is 1.59 bits per heavy atom. The van der Waals surface area contributed by atoms with Crippen LogP contribution in [0.2, 0.25) is 0 Å². The fraction of sp³-hybridized carbons (Fsp3) is 0.250. The van der Waals surface area contributed by atoms with Crippen molar-refractivity contribution in [1.82, 2.24) is 5.32 Å². The normalized spacial score (nSPS) is 13.3. The van der Waals surface area contributed by atoms with E-state index in [1.807, 2.05) is 30.3 Å². The molecular formula is C24H21F3N2O2S. The van der Waals surface area contributed by atoms with Crippen molar-refractivity contribution in [2.24, 2.45) is 0 Å². The van der Waals surface area contributed by atoms with Crippen molar-refractivity contribution < 1.29 is 22.8 Å². The maximum Gasteiger partial charge on any atom is 0.417 e. The Morgan fingerprint density at radius 1 is 0.906 bits per heavy atom. The number of rotatable bonds is 5. The van der Waals surface area contributed by atoms with Crippen molar-refractivity contribution >= 4 is 28.2 Å². The molecule has 0 aliphatic heterocycles. The van der Waals surface area contributed by atoms with Crippen LogP contribution in [0.1, 0.15) is 55.1 Å². The van der Waals surface area contributed by atoms with Gasteiger partial charge in [0.2, 0.25) is 0 Å². The molecule has 0 unspecified atom stereocenters. The first kappa shape index (κ1) is 22.1. The van der Waals surface area contributed by atoms with E-state index in [2.05, 4.69) is 10.6 Å². The van der Waals surface area contributed by atoms with Gasteiger partial charge in [0.15, 0.2) is 0 Å². The summed E-state index contributed by atoms with van der Waals surface area (Å²) in [5, 5.41) is 5.77. The van der Waals surface area contributed by atoms with E-state index in [1.54, 1.807) is 0 Å². The van der Waals surface area contributed by atoms with E-state index in [1.165, 1.54) is 23.5 Å². The van der Waals surface area contributed by atoms with Gasteiger partial charge in [0.05, 0.1) is 16.7 Å². The average Bonchev–Trinajstić information content (AvgIpc) is 3.15. The SMILES string of the molecule is O=C(Nc1sc2c(c1C(=O)NCc1ccccc1)CCCC2)c1ccccc1C(F)(F)F. The quantitative estimate of drug-likeness (QED) is 0.506. The molecule has 166 valence electrons. The lowest BCUT2D eigenvalue weighted by Gasteiger charge is -2.14. The van der Waals surface area contributed by atoms with Crippen molar-refractivity contribution in [3.63, 3.8) is 0 Å². The summed E-state index contributed by atoms with van der Waals surface area (Å²) in [4.78, 5) is 26.9. The van der Waals surface area contributed by atoms with E-state index in [0.717, 1.165) is 47.4 Å². The molecule has 4 rings (SSSR count). The third-order valence-electron chi connectivity index (χ3n) is 5.40. The molecule has 2 amide bonds. The number of fused-ring (bicyclic) bond motifs is 1. The van der Waals surface area contributed by atoms with Crippen molar-refractivity contribution in [3.05, 3.63) is 87.3 Å². The summed E-state index contributed by atoms with van der Waals surface area (Å²) >= 11 is 1.27. The lowest BCUT2D eigenvalue weighted by molar-refractivity contribution is -0.137. The number of aryl methyl sites for hydroxylation is 1. The second-order valence-electron chi connectivity index (χ2n) is 7.58. The fourth-order valence-corrected chi connectivity index (χ4v) is 5.14. The lowest BCUT2D eigenvalue weighted by atomic mass is 9.95. The van der Waals surface area contributed by atoms with Gasteiger partial charge in [-0.25, -0.2) is 0 Å². The van der Waals surface area contributed by atoms with Crippen LogP contribution in [0, 0.1) is 0 Å². The number of thiophene rings is 1. The van der Waals surface area contributed by atoms with E-state index in [0.29, 0.717) is 23.5 Å². The molecule has 0 saturated carbocycles. The predicted octanol–water partition coefficient (Wildman–Crippen LogP) is 5.83. The molecule has 1 heterocycles. The summed E-state index contributed by atoms with van der Waals surface area (Å²) in [5.74, 6) is -1.22. The van der Waals surface area contributed by atoms with Gasteiger partial charge in [-0.3, -0.25) is 9.59 Å². The van der Waals surface area contributed by atoms with Gasteiger partial charge in [0, 0.05) is 11.4 Å². The number of carbonyl (C=O) groups is 2. The van der Waals surface area contributed by atoms with E-state index in [4.69, 9.17) is 0 Å². The summed E-state index contributed by atoms with van der Waals surface area (Å²) in [5.41, 5.74) is 0.690. The number of hydrogen-bond acceptors (Lipinski definition) is 3. The zero-order valence-electron chi connectivity index (χ0n) is 17.1. The molecule has 8 heteroatoms. The van der Waals surface area contributed by atoms with E-state index < -0.39 is 23.2 Å². The third kappa shape index (κ3) is 4.70. The van der Waals surface area contributed by atoms with Crippen LogP contribution in [-0.2, 0) is 25.6 Å². The van der Waals surface area contributed by atoms with E-state index >= 15 is 0 Å². The van der Waals surface area contributed by atoms with Gasteiger partial charge in [0.1, 0.15) is 5.00 Å². The monoisotopic (exact) mass is 458 g/mol. The molecule has 1 aliphatic carbocycles. The molecule has 0 radical (unpaired) electrons. The Kier molecular flexibility index (Phi) is 6.32. The number of benzene rings is 2. The minimum absolute atomic E-state index is 0.296. The van der Waals surface area contributed by atoms with E-state index in [-0.39, 0.29) is 5.91 Å². The number of alkyl halides is 3. The number of halogens is 3. The molecule has 0 saturated heterocycles. The molecule has 32 heavy (non-hydrogen) atoms. The summed E-state index contributed by atoms with van der Waals surface area (Å²) in [6.45, 7) is 0.314. The predicted molar refractivity (Wildman–Crippen MR) is 118 cm³/mol. The zero-order chi connectivity index (χ0) is 22.7. The number of anilines is 1. The first-order valence-corrected chi connectivity index (χ1v) is 11.1. The topological polar surface area (TPSA) is 58.2 Å². The molecule has 0 fully saturated rings. The number of amides is 2. The Bertz CT molecular complexity index is 1140. The Hall–Kier alpha value is -3.13. The van der Waals surface area contributed by atoms with Crippen LogP contribution in [0.5, 0.6) is 0 Å². The fourth-order valence-electron chi connectivity index (χ4n) is 3.86. The zero-order valence-corrected chi connectivity index (χ0v) is 17.9. The van der Waals surface area contributed by atoms with Crippen molar-refractivity contribution in [1.29, 1.82) is 0 Å². The molecule has 1 aliphatic rings. The van der Waals surface area contributed by atoms with Crippen LogP contribution in [0.25, 0.3) is 0 Å². The van der Waals surface area contributed by atoms with Gasteiger partial charge in [0.25, 0.3) is 11.8 Å². The Labute approximate surface area is 187 Å². The second kappa shape index (κ2) is 9.16. The molecule has 0 bridgehead atoms. The number of hydrogen-bond donors (Lipinski definition) is 2. The highest BCUT2D eigenvalue weighted by molar-refractivity contribution is 7.17. The molecule has 2 aromatic carbocycles. The summed E-state index contributed by atoms with van der Waals surface area (Å²) in [6.07, 6.45) is -1.27. The summed E-state index contributed by atoms with van der Waals surface area (Å²) in [7, 11) is 0. The highest BCUT2D eigenvalue weighted by Gasteiger charge is 2.35. The maximum atomic E-state index is 13.4. The first-order chi connectivity index (χ1) is 15.3. The second-order valence-corrected chi connectivity index (χ2v) is 8.69. The largest absolute Gasteiger partial charge is 0.417 e. The minimum Gasteiger partial charge on any atom is -0.348 e. The molecule has 4 nitrogen and oxygen atoms in total. The van der Waals surface area contributed by atoms with Crippen molar-refractivity contribution in [3.8, 4) is 0 Å². The van der Waals surface area contributed by atoms with Gasteiger partial charge in [-0.1, -0.05) is 42.5 Å². The summed E-state index contributed by atoms with van der Waals surface area (Å²) < 4.78 is 40.1. The maximum absolute atomic E-state index is 13.4. The average molecular weight is 459 g/mol. The first-order valence-electron chi connectivity index (χ1n) is 10.3. The molecule has 0 atom stereocenters. The van der Waals surface area contributed by atoms with Gasteiger partial charge < -0.3 is 10.6 Å². The van der Waals surface area contributed by atoms with Crippen LogP contribution >= 0.6 is 11.3 Å². The molecule has 0 spiro atoms. The lowest BCUT2D eigenvalue weighted by Crippen LogP contribution is -2.26. The number of carbonyl (C=O) groups excluding carboxylic acids is 2. The van der Waals surface area contributed by atoms with Crippen LogP contribution in [-0.4, -0.2) is 11.8 Å². The van der Waals surface area contributed by atoms with Crippen LogP contribution in [0.3, 0.4) is 0 Å². The molecular weight excluding hydrogens is 437 g/mol. The van der Waals surface area contributed by atoms with Gasteiger partial charge >= 0.3 is 6.18 Å². The summed E-state index contributed by atoms with van der Waals surface area (Å²) in [6, 6.07) is 14.0. The van der Waals surface area contributed by atoms with Crippen molar-refractivity contribution in [2.75, 3.05) is 5.32 Å². The smallest absolute Gasteiger partial charge is 0.348 e. The molecule has 3 aromatic rings. The highest BCUT2D eigenvalue weighted by atomic mass is 32.1. The third-order valence-corrected chi connectivity index (χ3v) is 6.61. The van der Waals surface area contributed by atoms with E-state index in [9.17, 15) is 22.8 Å². The Balaban J connectivity index is 1.63. The van der Waals surface area contributed by atoms with Gasteiger partial charge in [-0.15, -0.1) is 11.3 Å². The van der Waals surface area contributed by atoms with Crippen LogP contribution in [0.4, 0.5) is 18.2 Å². The Morgan fingerprint density at radius 3 is 2.34 bits per heavy atom. The minimum atomic E-state index is -4.65. The standard InChI is InChI=1S/C24H21F3N2O2S/c25-24(26,27)18-12-6-4-10-16(18)21(30)29-23-20(17-11-5-7-13-19(17)32-23)22(31)28-14-15-8-2-1-3-9-15/h1-4,6,8-10,12H,5,7,11,13-14H2,(H,28,31)(H,29,30).